The molecule has 1 aliphatic heterocycles. The molecule has 0 atom stereocenters. The van der Waals surface area contributed by atoms with Gasteiger partial charge in [-0.1, -0.05) is 13.8 Å². The van der Waals surface area contributed by atoms with E-state index in [0.717, 1.165) is 13.1 Å². The highest BCUT2D eigenvalue weighted by Gasteiger charge is 2.16. The normalized spacial score (nSPS) is 16.1. The van der Waals surface area contributed by atoms with Gasteiger partial charge in [0.2, 0.25) is 5.91 Å². The quantitative estimate of drug-likeness (QED) is 0.661. The van der Waals surface area contributed by atoms with Gasteiger partial charge < -0.3 is 14.4 Å². The minimum Gasteiger partial charge on any atom is -0.378 e. The Kier molecular flexibility index (Phi) is 7.02. The number of hydrogen-bond acceptors (Lipinski definition) is 3. The molecule has 0 aromatic heterocycles. The van der Waals surface area contributed by atoms with Crippen LogP contribution in [0.25, 0.3) is 0 Å². The first kappa shape index (κ1) is 13.1. The predicted octanol–water partition coefficient (Wildman–Crippen LogP) is 0.706. The molecule has 82 valence electrons. The van der Waals surface area contributed by atoms with Crippen molar-refractivity contribution in [1.29, 1.82) is 0 Å². The molecule has 1 amide bonds. The molecule has 0 aromatic carbocycles. The second-order valence-electron chi connectivity index (χ2n) is 3.59. The van der Waals surface area contributed by atoms with Crippen molar-refractivity contribution in [2.45, 2.75) is 20.3 Å². The second-order valence-corrected chi connectivity index (χ2v) is 3.59. The largest absolute Gasteiger partial charge is 0.378 e. The van der Waals surface area contributed by atoms with Crippen LogP contribution < -0.4 is 0 Å². The summed E-state index contributed by atoms with van der Waals surface area (Å²) in [5.41, 5.74) is 0. The molecule has 0 aliphatic carbocycles. The number of hydrogen-bond donors (Lipinski definition) is 0. The van der Waals surface area contributed by atoms with Gasteiger partial charge in [0, 0.05) is 19.5 Å². The minimum atomic E-state index is 0.272. The Hall–Kier alpha value is -0.900. The topological polar surface area (TPSA) is 46.6 Å². The molecular formula is C10H19NO3. The number of morpholine rings is 1. The van der Waals surface area contributed by atoms with E-state index in [9.17, 15) is 4.79 Å². The Labute approximate surface area is 85.2 Å². The lowest BCUT2D eigenvalue weighted by atomic mass is 10.1. The van der Waals surface area contributed by atoms with Crippen LogP contribution in [-0.2, 0) is 14.3 Å². The van der Waals surface area contributed by atoms with E-state index in [1.54, 1.807) is 0 Å². The monoisotopic (exact) mass is 201 g/mol. The molecular weight excluding hydrogens is 182 g/mol. The van der Waals surface area contributed by atoms with Crippen LogP contribution in [0.15, 0.2) is 0 Å². The fourth-order valence-electron chi connectivity index (χ4n) is 1.29. The third-order valence-corrected chi connectivity index (χ3v) is 1.95. The van der Waals surface area contributed by atoms with Crippen LogP contribution in [0.2, 0.25) is 0 Å². The zero-order valence-electron chi connectivity index (χ0n) is 8.99. The smallest absolute Gasteiger partial charge is 0.222 e. The van der Waals surface area contributed by atoms with Crippen LogP contribution in [0.5, 0.6) is 0 Å². The van der Waals surface area contributed by atoms with Gasteiger partial charge in [-0.25, -0.2) is 0 Å². The fourth-order valence-corrected chi connectivity index (χ4v) is 1.29. The SMILES string of the molecule is C=O.CC(C)CC(=O)N1CCOCC1. The Balaban J connectivity index is 0.000000791. The van der Waals surface area contributed by atoms with E-state index in [-0.39, 0.29) is 5.91 Å². The second kappa shape index (κ2) is 7.50. The minimum absolute atomic E-state index is 0.272. The van der Waals surface area contributed by atoms with Crippen LogP contribution in [0.3, 0.4) is 0 Å². The summed E-state index contributed by atoms with van der Waals surface area (Å²) in [7, 11) is 0. The Morgan fingerprint density at radius 2 is 1.86 bits per heavy atom. The number of nitrogens with zero attached hydrogens (tertiary/aromatic N) is 1. The third kappa shape index (κ3) is 4.97. The molecule has 4 heteroatoms. The average molecular weight is 201 g/mol. The molecule has 0 spiro atoms. The lowest BCUT2D eigenvalue weighted by Gasteiger charge is -2.27. The first-order valence-corrected chi connectivity index (χ1v) is 4.84. The highest BCUT2D eigenvalue weighted by Crippen LogP contribution is 2.05. The summed E-state index contributed by atoms with van der Waals surface area (Å²) in [5.74, 6) is 0.730. The van der Waals surface area contributed by atoms with Gasteiger partial charge in [-0.15, -0.1) is 0 Å². The van der Waals surface area contributed by atoms with E-state index >= 15 is 0 Å². The summed E-state index contributed by atoms with van der Waals surface area (Å²) in [6, 6.07) is 0. The number of rotatable bonds is 2. The average Bonchev–Trinajstić information content (AvgIpc) is 2.21. The summed E-state index contributed by atoms with van der Waals surface area (Å²) < 4.78 is 5.16. The van der Waals surface area contributed by atoms with Crippen molar-refractivity contribution >= 4 is 12.7 Å². The zero-order valence-corrected chi connectivity index (χ0v) is 8.99. The third-order valence-electron chi connectivity index (χ3n) is 1.95. The van der Waals surface area contributed by atoms with Gasteiger partial charge in [0.15, 0.2) is 0 Å². The molecule has 1 saturated heterocycles. The maximum atomic E-state index is 11.5. The molecule has 4 nitrogen and oxygen atoms in total. The maximum Gasteiger partial charge on any atom is 0.222 e. The van der Waals surface area contributed by atoms with Crippen LogP contribution in [-0.4, -0.2) is 43.9 Å². The van der Waals surface area contributed by atoms with Crippen molar-refractivity contribution in [3.05, 3.63) is 0 Å². The molecule has 14 heavy (non-hydrogen) atoms. The van der Waals surface area contributed by atoms with E-state index < -0.39 is 0 Å². The van der Waals surface area contributed by atoms with Crippen molar-refractivity contribution in [2.24, 2.45) is 5.92 Å². The molecule has 1 fully saturated rings. The molecule has 0 aromatic rings. The van der Waals surface area contributed by atoms with Gasteiger partial charge in [0.1, 0.15) is 6.79 Å². The zero-order chi connectivity index (χ0) is 11.0. The van der Waals surface area contributed by atoms with Gasteiger partial charge >= 0.3 is 0 Å². The lowest BCUT2D eigenvalue weighted by Crippen LogP contribution is -2.41. The Bertz CT molecular complexity index is 165. The standard InChI is InChI=1S/C9H17NO2.CH2O/c1-8(2)7-9(11)10-3-5-12-6-4-10;1-2/h8H,3-7H2,1-2H3;1H2. The van der Waals surface area contributed by atoms with E-state index in [0.29, 0.717) is 25.6 Å². The molecule has 0 bridgehead atoms. The van der Waals surface area contributed by atoms with E-state index in [1.165, 1.54) is 0 Å². The van der Waals surface area contributed by atoms with E-state index in [1.807, 2.05) is 11.7 Å². The van der Waals surface area contributed by atoms with Gasteiger partial charge in [-0.3, -0.25) is 4.79 Å². The molecule has 0 saturated carbocycles. The number of carbonyl (C=O) groups excluding carboxylic acids is 2. The highest BCUT2D eigenvalue weighted by atomic mass is 16.5. The van der Waals surface area contributed by atoms with E-state index in [2.05, 4.69) is 13.8 Å². The summed E-state index contributed by atoms with van der Waals surface area (Å²) in [6.07, 6.45) is 0.667. The van der Waals surface area contributed by atoms with Crippen molar-refractivity contribution in [1.82, 2.24) is 4.90 Å². The first-order valence-electron chi connectivity index (χ1n) is 4.84. The van der Waals surface area contributed by atoms with Gasteiger partial charge in [-0.2, -0.15) is 0 Å². The molecule has 1 aliphatic rings. The summed E-state index contributed by atoms with van der Waals surface area (Å²) in [4.78, 5) is 21.4. The molecule has 0 unspecified atom stereocenters. The molecule has 1 heterocycles. The summed E-state index contributed by atoms with van der Waals surface area (Å²) in [6.45, 7) is 9.07. The highest BCUT2D eigenvalue weighted by molar-refractivity contribution is 5.76. The van der Waals surface area contributed by atoms with Crippen LogP contribution in [0, 0.1) is 5.92 Å². The van der Waals surface area contributed by atoms with Gasteiger partial charge in [0.05, 0.1) is 13.2 Å². The Morgan fingerprint density at radius 3 is 2.29 bits per heavy atom. The molecule has 1 rings (SSSR count). The van der Waals surface area contributed by atoms with Crippen molar-refractivity contribution in [3.8, 4) is 0 Å². The maximum absolute atomic E-state index is 11.5. The number of amides is 1. The van der Waals surface area contributed by atoms with Crippen LogP contribution in [0.4, 0.5) is 0 Å². The van der Waals surface area contributed by atoms with Crippen LogP contribution >= 0.6 is 0 Å². The van der Waals surface area contributed by atoms with Crippen molar-refractivity contribution < 1.29 is 14.3 Å². The van der Waals surface area contributed by atoms with E-state index in [4.69, 9.17) is 9.53 Å². The van der Waals surface area contributed by atoms with Crippen LogP contribution in [0.1, 0.15) is 20.3 Å². The van der Waals surface area contributed by atoms with Crippen molar-refractivity contribution in [3.63, 3.8) is 0 Å². The predicted molar refractivity (Wildman–Crippen MR) is 54.0 cm³/mol. The lowest BCUT2D eigenvalue weighted by molar-refractivity contribution is -0.136. The molecule has 0 radical (unpaired) electrons. The first-order chi connectivity index (χ1) is 6.70. The molecule has 0 N–H and O–H groups in total. The van der Waals surface area contributed by atoms with Crippen molar-refractivity contribution in [2.75, 3.05) is 26.3 Å². The fraction of sp³-hybridized carbons (Fsp3) is 0.800. The Morgan fingerprint density at radius 1 is 1.36 bits per heavy atom. The van der Waals surface area contributed by atoms with Gasteiger partial charge in [-0.05, 0) is 5.92 Å². The number of carbonyl (C=O) groups is 2. The summed E-state index contributed by atoms with van der Waals surface area (Å²) >= 11 is 0. The van der Waals surface area contributed by atoms with Gasteiger partial charge in [0.25, 0.3) is 0 Å². The summed E-state index contributed by atoms with van der Waals surface area (Å²) in [5, 5.41) is 0. The number of ether oxygens (including phenoxy) is 1.